The van der Waals surface area contributed by atoms with Crippen molar-refractivity contribution in [2.75, 3.05) is 19.6 Å². The van der Waals surface area contributed by atoms with Crippen molar-refractivity contribution < 1.29 is 9.21 Å². The highest BCUT2D eigenvalue weighted by Crippen LogP contribution is 2.30. The first-order valence-corrected chi connectivity index (χ1v) is 8.56. The highest BCUT2D eigenvalue weighted by Gasteiger charge is 2.34. The molecule has 1 unspecified atom stereocenters. The van der Waals surface area contributed by atoms with Crippen molar-refractivity contribution in [2.24, 2.45) is 11.1 Å². The molecule has 128 valence electrons. The van der Waals surface area contributed by atoms with Gasteiger partial charge in [-0.25, -0.2) is 4.98 Å². The molecule has 2 heterocycles. The van der Waals surface area contributed by atoms with Crippen LogP contribution >= 0.6 is 11.6 Å². The minimum Gasteiger partial charge on any atom is -0.441 e. The molecule has 24 heavy (non-hydrogen) atoms. The van der Waals surface area contributed by atoms with Crippen molar-refractivity contribution >= 4 is 17.5 Å². The van der Waals surface area contributed by atoms with Gasteiger partial charge >= 0.3 is 0 Å². The number of oxazole rings is 1. The van der Waals surface area contributed by atoms with Crippen molar-refractivity contribution in [1.29, 1.82) is 0 Å². The van der Waals surface area contributed by atoms with E-state index < -0.39 is 0 Å². The number of benzene rings is 1. The largest absolute Gasteiger partial charge is 0.441 e. The Kier molecular flexibility index (Phi) is 4.92. The maximum atomic E-state index is 12.3. The van der Waals surface area contributed by atoms with Gasteiger partial charge in [0.05, 0.1) is 11.2 Å². The zero-order chi connectivity index (χ0) is 17.2. The molecular weight excluding hydrogens is 326 g/mol. The number of amides is 1. The highest BCUT2D eigenvalue weighted by molar-refractivity contribution is 6.33. The van der Waals surface area contributed by atoms with Gasteiger partial charge in [0.15, 0.2) is 11.7 Å². The minimum absolute atomic E-state index is 0.0514. The van der Waals surface area contributed by atoms with Gasteiger partial charge in [0, 0.05) is 31.5 Å². The molecule has 0 saturated carbocycles. The van der Waals surface area contributed by atoms with Crippen LogP contribution in [0.4, 0.5) is 0 Å². The molecule has 1 aromatic heterocycles. The molecule has 1 fully saturated rings. The van der Waals surface area contributed by atoms with Crippen LogP contribution in [0.15, 0.2) is 34.9 Å². The topological polar surface area (TPSA) is 72.4 Å². The Hall–Kier alpha value is -1.85. The quantitative estimate of drug-likeness (QED) is 0.901. The van der Waals surface area contributed by atoms with E-state index in [0.717, 1.165) is 25.1 Å². The second-order valence-corrected chi connectivity index (χ2v) is 7.09. The number of halogens is 1. The summed E-state index contributed by atoms with van der Waals surface area (Å²) in [6.45, 7) is 4.25. The number of carbonyl (C=O) groups excluding carboxylic acids is 1. The SMILES string of the molecule is CC1(CN)CCN(C(=O)CCc2ncc(-c3ccccc3Cl)o2)C1. The molecule has 1 aliphatic rings. The number of likely N-dealkylation sites (tertiary alicyclic amines) is 1. The minimum atomic E-state index is 0.0514. The van der Waals surface area contributed by atoms with Gasteiger partial charge in [-0.1, -0.05) is 30.7 Å². The van der Waals surface area contributed by atoms with Crippen LogP contribution in [0.5, 0.6) is 0 Å². The van der Waals surface area contributed by atoms with Crippen molar-refractivity contribution in [1.82, 2.24) is 9.88 Å². The summed E-state index contributed by atoms with van der Waals surface area (Å²) in [5, 5.41) is 0.620. The Labute approximate surface area is 146 Å². The average molecular weight is 348 g/mol. The molecule has 0 aliphatic carbocycles. The molecule has 1 saturated heterocycles. The van der Waals surface area contributed by atoms with Gasteiger partial charge in [-0.2, -0.15) is 0 Å². The van der Waals surface area contributed by atoms with Crippen LogP contribution in [0.2, 0.25) is 5.02 Å². The van der Waals surface area contributed by atoms with Crippen molar-refractivity contribution in [2.45, 2.75) is 26.2 Å². The van der Waals surface area contributed by atoms with Crippen LogP contribution in [0, 0.1) is 5.41 Å². The van der Waals surface area contributed by atoms with Gasteiger partial charge in [0.25, 0.3) is 0 Å². The summed E-state index contributed by atoms with van der Waals surface area (Å²) >= 11 is 6.16. The van der Waals surface area contributed by atoms with E-state index in [0.29, 0.717) is 36.1 Å². The first kappa shape index (κ1) is 17.0. The first-order chi connectivity index (χ1) is 11.5. The second-order valence-electron chi connectivity index (χ2n) is 6.68. The number of hydrogen-bond donors (Lipinski definition) is 1. The molecule has 2 N–H and O–H groups in total. The van der Waals surface area contributed by atoms with E-state index in [4.69, 9.17) is 21.8 Å². The van der Waals surface area contributed by atoms with E-state index in [-0.39, 0.29) is 11.3 Å². The van der Waals surface area contributed by atoms with Gasteiger partial charge in [-0.15, -0.1) is 0 Å². The van der Waals surface area contributed by atoms with Crippen LogP contribution in [0.1, 0.15) is 25.7 Å². The number of aryl methyl sites for hydroxylation is 1. The molecule has 1 aliphatic heterocycles. The zero-order valence-corrected chi connectivity index (χ0v) is 14.6. The lowest BCUT2D eigenvalue weighted by Gasteiger charge is -2.22. The Morgan fingerprint density at radius 1 is 1.46 bits per heavy atom. The van der Waals surface area contributed by atoms with Crippen LogP contribution in [0.3, 0.4) is 0 Å². The molecule has 1 atom stereocenters. The molecule has 1 aromatic carbocycles. The number of nitrogens with two attached hydrogens (primary N) is 1. The smallest absolute Gasteiger partial charge is 0.223 e. The average Bonchev–Trinajstić information content (AvgIpc) is 3.21. The summed E-state index contributed by atoms with van der Waals surface area (Å²) in [5.74, 6) is 1.31. The number of nitrogens with zero attached hydrogens (tertiary/aromatic N) is 2. The van der Waals surface area contributed by atoms with Gasteiger partial charge in [0.2, 0.25) is 5.91 Å². The highest BCUT2D eigenvalue weighted by atomic mass is 35.5. The summed E-state index contributed by atoms with van der Waals surface area (Å²) in [6, 6.07) is 7.46. The standard InChI is InChI=1S/C18H22ClN3O2/c1-18(11-20)8-9-22(12-18)17(23)7-6-16-21-10-15(24-16)13-4-2-3-5-14(13)19/h2-5,10H,6-9,11-12,20H2,1H3. The number of rotatable bonds is 5. The summed E-state index contributed by atoms with van der Waals surface area (Å²) in [6.07, 6.45) is 3.50. The van der Waals surface area contributed by atoms with E-state index in [1.165, 1.54) is 0 Å². The number of aromatic nitrogens is 1. The maximum absolute atomic E-state index is 12.3. The van der Waals surface area contributed by atoms with Crippen molar-refractivity contribution in [3.8, 4) is 11.3 Å². The lowest BCUT2D eigenvalue weighted by molar-refractivity contribution is -0.130. The number of carbonyl (C=O) groups is 1. The zero-order valence-electron chi connectivity index (χ0n) is 13.8. The normalized spacial score (nSPS) is 20.5. The monoisotopic (exact) mass is 347 g/mol. The van der Waals surface area contributed by atoms with Gasteiger partial charge in [-0.3, -0.25) is 4.79 Å². The van der Waals surface area contributed by atoms with E-state index in [1.807, 2.05) is 29.2 Å². The van der Waals surface area contributed by atoms with Crippen molar-refractivity contribution in [3.05, 3.63) is 41.4 Å². The molecule has 1 amide bonds. The predicted octanol–water partition coefficient (Wildman–Crippen LogP) is 3.12. The molecule has 6 heteroatoms. The van der Waals surface area contributed by atoms with Crippen LogP contribution in [-0.2, 0) is 11.2 Å². The summed E-state index contributed by atoms with van der Waals surface area (Å²) in [7, 11) is 0. The lowest BCUT2D eigenvalue weighted by atomic mass is 9.90. The third kappa shape index (κ3) is 3.62. The fraction of sp³-hybridized carbons (Fsp3) is 0.444. The van der Waals surface area contributed by atoms with Gasteiger partial charge in [0.1, 0.15) is 0 Å². The molecule has 2 aromatic rings. The molecule has 3 rings (SSSR count). The summed E-state index contributed by atoms with van der Waals surface area (Å²) in [4.78, 5) is 18.5. The molecule has 0 radical (unpaired) electrons. The molecular formula is C18H22ClN3O2. The van der Waals surface area contributed by atoms with E-state index in [9.17, 15) is 4.79 Å². The Morgan fingerprint density at radius 3 is 2.96 bits per heavy atom. The van der Waals surface area contributed by atoms with Crippen LogP contribution in [-0.4, -0.2) is 35.4 Å². The number of hydrogen-bond acceptors (Lipinski definition) is 4. The molecule has 0 bridgehead atoms. The first-order valence-electron chi connectivity index (χ1n) is 8.18. The molecule has 0 spiro atoms. The fourth-order valence-electron chi connectivity index (χ4n) is 2.99. The van der Waals surface area contributed by atoms with Gasteiger partial charge < -0.3 is 15.1 Å². The third-order valence-corrected chi connectivity index (χ3v) is 4.98. The summed E-state index contributed by atoms with van der Waals surface area (Å²) < 4.78 is 5.74. The van der Waals surface area contributed by atoms with Crippen LogP contribution in [0.25, 0.3) is 11.3 Å². The fourth-order valence-corrected chi connectivity index (χ4v) is 3.22. The van der Waals surface area contributed by atoms with E-state index >= 15 is 0 Å². The van der Waals surface area contributed by atoms with Crippen molar-refractivity contribution in [3.63, 3.8) is 0 Å². The Balaban J connectivity index is 1.58. The van der Waals surface area contributed by atoms with E-state index in [1.54, 1.807) is 6.20 Å². The molecule has 5 nitrogen and oxygen atoms in total. The maximum Gasteiger partial charge on any atom is 0.223 e. The Morgan fingerprint density at radius 2 is 2.25 bits per heavy atom. The van der Waals surface area contributed by atoms with Crippen LogP contribution < -0.4 is 5.73 Å². The van der Waals surface area contributed by atoms with E-state index in [2.05, 4.69) is 11.9 Å². The Bertz CT molecular complexity index is 731. The lowest BCUT2D eigenvalue weighted by Crippen LogP contribution is -2.34. The third-order valence-electron chi connectivity index (χ3n) is 4.65. The summed E-state index contributed by atoms with van der Waals surface area (Å²) in [5.41, 5.74) is 6.65. The second kappa shape index (κ2) is 6.95. The van der Waals surface area contributed by atoms with Gasteiger partial charge in [-0.05, 0) is 30.5 Å². The predicted molar refractivity (Wildman–Crippen MR) is 93.6 cm³/mol.